The molecule has 0 radical (unpaired) electrons. The molecule has 1 atom stereocenters. The lowest BCUT2D eigenvalue weighted by Crippen LogP contribution is -2.18. The summed E-state index contributed by atoms with van der Waals surface area (Å²) in [4.78, 5) is 11.9. The Morgan fingerprint density at radius 1 is 1.56 bits per heavy atom. The highest BCUT2D eigenvalue weighted by Gasteiger charge is 2.20. The number of para-hydroxylation sites is 1. The van der Waals surface area contributed by atoms with Gasteiger partial charge in [-0.2, -0.15) is 0 Å². The summed E-state index contributed by atoms with van der Waals surface area (Å²) in [7, 11) is 1.47. The summed E-state index contributed by atoms with van der Waals surface area (Å²) in [5, 5.41) is 0. The van der Waals surface area contributed by atoms with Crippen molar-refractivity contribution in [1.82, 2.24) is 0 Å². The highest BCUT2D eigenvalue weighted by atomic mass is 16.6. The van der Waals surface area contributed by atoms with E-state index in [0.717, 1.165) is 19.4 Å². The second kappa shape index (κ2) is 5.73. The predicted molar refractivity (Wildman–Crippen MR) is 66.7 cm³/mol. The monoisotopic (exact) mass is 251 g/mol. The fourth-order valence-corrected chi connectivity index (χ4v) is 1.97. The Hall–Kier alpha value is -1.75. The molecule has 1 aliphatic rings. The Bertz CT molecular complexity index is 427. The zero-order chi connectivity index (χ0) is 13.0. The van der Waals surface area contributed by atoms with Crippen LogP contribution in [0.4, 0.5) is 5.69 Å². The van der Waals surface area contributed by atoms with Gasteiger partial charge in [0.1, 0.15) is 12.2 Å². The van der Waals surface area contributed by atoms with E-state index in [9.17, 15) is 4.79 Å². The molecule has 0 bridgehead atoms. The van der Waals surface area contributed by atoms with Gasteiger partial charge in [-0.15, -0.1) is 0 Å². The smallest absolute Gasteiger partial charge is 0.342 e. The molecule has 1 aromatic rings. The van der Waals surface area contributed by atoms with Crippen LogP contribution in [0.5, 0.6) is 5.75 Å². The van der Waals surface area contributed by atoms with Gasteiger partial charge in [-0.1, -0.05) is 6.07 Å². The topological polar surface area (TPSA) is 70.8 Å². The molecule has 2 N–H and O–H groups in total. The van der Waals surface area contributed by atoms with Crippen LogP contribution >= 0.6 is 0 Å². The average molecular weight is 251 g/mol. The number of hydrogen-bond acceptors (Lipinski definition) is 5. The van der Waals surface area contributed by atoms with Crippen LogP contribution in [0, 0.1) is 0 Å². The van der Waals surface area contributed by atoms with Crippen molar-refractivity contribution < 1.29 is 19.0 Å². The minimum Gasteiger partial charge on any atom is -0.494 e. The summed E-state index contributed by atoms with van der Waals surface area (Å²) < 4.78 is 15.7. The molecule has 0 amide bonds. The first kappa shape index (κ1) is 12.7. The Labute approximate surface area is 106 Å². The minimum atomic E-state index is -0.436. The van der Waals surface area contributed by atoms with E-state index in [1.807, 2.05) is 0 Å². The highest BCUT2D eigenvalue weighted by Crippen LogP contribution is 2.26. The molecule has 18 heavy (non-hydrogen) atoms. The third-order valence-corrected chi connectivity index (χ3v) is 2.89. The van der Waals surface area contributed by atoms with Gasteiger partial charge in [0.2, 0.25) is 0 Å². The molecule has 1 fully saturated rings. The zero-order valence-electron chi connectivity index (χ0n) is 10.3. The fourth-order valence-electron chi connectivity index (χ4n) is 1.97. The zero-order valence-corrected chi connectivity index (χ0v) is 10.3. The van der Waals surface area contributed by atoms with Gasteiger partial charge in [0.05, 0.1) is 18.9 Å². The largest absolute Gasteiger partial charge is 0.494 e. The molecule has 2 rings (SSSR count). The predicted octanol–water partition coefficient (Wildman–Crippen LogP) is 1.61. The molecule has 1 saturated heterocycles. The first-order valence-electron chi connectivity index (χ1n) is 5.93. The van der Waals surface area contributed by atoms with E-state index in [1.54, 1.807) is 18.2 Å². The van der Waals surface area contributed by atoms with E-state index in [0.29, 0.717) is 17.0 Å². The number of methoxy groups -OCH3 is 1. The van der Waals surface area contributed by atoms with Crippen molar-refractivity contribution in [2.45, 2.75) is 18.9 Å². The van der Waals surface area contributed by atoms with Crippen LogP contribution in [0.3, 0.4) is 0 Å². The Kier molecular flexibility index (Phi) is 4.04. The number of rotatable bonds is 4. The van der Waals surface area contributed by atoms with Gasteiger partial charge in [0.25, 0.3) is 0 Å². The average Bonchev–Trinajstić information content (AvgIpc) is 2.88. The minimum absolute atomic E-state index is 0.0148. The number of esters is 1. The Balaban J connectivity index is 2.01. The van der Waals surface area contributed by atoms with E-state index >= 15 is 0 Å². The molecule has 98 valence electrons. The van der Waals surface area contributed by atoms with Gasteiger partial charge < -0.3 is 19.9 Å². The van der Waals surface area contributed by atoms with Crippen LogP contribution in [0.1, 0.15) is 23.2 Å². The third-order valence-electron chi connectivity index (χ3n) is 2.89. The SMILES string of the molecule is COc1c(N)cccc1C(=O)OCC1CCCO1. The molecule has 1 unspecified atom stereocenters. The number of benzene rings is 1. The summed E-state index contributed by atoms with van der Waals surface area (Å²) in [5.41, 5.74) is 6.49. The summed E-state index contributed by atoms with van der Waals surface area (Å²) in [6.45, 7) is 1.01. The molecule has 1 heterocycles. The van der Waals surface area contributed by atoms with Crippen LogP contribution in [0.15, 0.2) is 18.2 Å². The fraction of sp³-hybridized carbons (Fsp3) is 0.462. The normalized spacial score (nSPS) is 18.6. The number of nitrogens with two attached hydrogens (primary N) is 1. The molecule has 0 aromatic heterocycles. The van der Waals surface area contributed by atoms with E-state index in [2.05, 4.69) is 0 Å². The van der Waals surface area contributed by atoms with Gasteiger partial charge >= 0.3 is 5.97 Å². The maximum Gasteiger partial charge on any atom is 0.342 e. The van der Waals surface area contributed by atoms with Crippen molar-refractivity contribution in [2.75, 3.05) is 26.1 Å². The molecule has 5 heteroatoms. The van der Waals surface area contributed by atoms with Crippen molar-refractivity contribution in [3.8, 4) is 5.75 Å². The van der Waals surface area contributed by atoms with Crippen LogP contribution in [0.25, 0.3) is 0 Å². The van der Waals surface area contributed by atoms with Gasteiger partial charge in [-0.3, -0.25) is 0 Å². The first-order valence-corrected chi connectivity index (χ1v) is 5.93. The number of hydrogen-bond donors (Lipinski definition) is 1. The molecular formula is C13H17NO4. The van der Waals surface area contributed by atoms with Crippen molar-refractivity contribution in [1.29, 1.82) is 0 Å². The van der Waals surface area contributed by atoms with Crippen LogP contribution < -0.4 is 10.5 Å². The van der Waals surface area contributed by atoms with E-state index < -0.39 is 5.97 Å². The Morgan fingerprint density at radius 2 is 2.39 bits per heavy atom. The van der Waals surface area contributed by atoms with E-state index in [4.69, 9.17) is 19.9 Å². The highest BCUT2D eigenvalue weighted by molar-refractivity contribution is 5.94. The summed E-state index contributed by atoms with van der Waals surface area (Å²) in [6, 6.07) is 5.00. The van der Waals surface area contributed by atoms with Crippen LogP contribution in [0.2, 0.25) is 0 Å². The Morgan fingerprint density at radius 3 is 3.06 bits per heavy atom. The number of carbonyl (C=O) groups excluding carboxylic acids is 1. The van der Waals surface area contributed by atoms with Gasteiger partial charge in [0.15, 0.2) is 5.75 Å². The lowest BCUT2D eigenvalue weighted by molar-refractivity contribution is 0.0159. The van der Waals surface area contributed by atoms with E-state index in [1.165, 1.54) is 7.11 Å². The van der Waals surface area contributed by atoms with Crippen LogP contribution in [-0.2, 0) is 9.47 Å². The first-order chi connectivity index (χ1) is 8.72. The van der Waals surface area contributed by atoms with Gasteiger partial charge in [-0.05, 0) is 25.0 Å². The lowest BCUT2D eigenvalue weighted by Gasteiger charge is -2.13. The molecular weight excluding hydrogens is 234 g/mol. The maximum atomic E-state index is 11.9. The van der Waals surface area contributed by atoms with E-state index in [-0.39, 0.29) is 12.7 Å². The van der Waals surface area contributed by atoms with Crippen molar-refractivity contribution in [3.63, 3.8) is 0 Å². The standard InChI is InChI=1S/C13H17NO4/c1-16-12-10(5-2-6-11(12)14)13(15)18-8-9-4-3-7-17-9/h2,5-6,9H,3-4,7-8,14H2,1H3. The number of nitrogen functional groups attached to an aromatic ring is 1. The second-order valence-electron chi connectivity index (χ2n) is 4.16. The second-order valence-corrected chi connectivity index (χ2v) is 4.16. The number of carbonyl (C=O) groups is 1. The quantitative estimate of drug-likeness (QED) is 0.650. The molecule has 0 spiro atoms. The maximum absolute atomic E-state index is 11.9. The van der Waals surface area contributed by atoms with Crippen molar-refractivity contribution >= 4 is 11.7 Å². The molecule has 0 saturated carbocycles. The summed E-state index contributed by atoms with van der Waals surface area (Å²) in [6.07, 6.45) is 1.96. The van der Waals surface area contributed by atoms with Crippen LogP contribution in [-0.4, -0.2) is 32.4 Å². The summed E-state index contributed by atoms with van der Waals surface area (Å²) >= 11 is 0. The van der Waals surface area contributed by atoms with Crippen molar-refractivity contribution in [3.05, 3.63) is 23.8 Å². The number of ether oxygens (including phenoxy) is 3. The molecule has 0 aliphatic carbocycles. The molecule has 5 nitrogen and oxygen atoms in total. The van der Waals surface area contributed by atoms with Gasteiger partial charge in [-0.25, -0.2) is 4.79 Å². The number of anilines is 1. The molecule has 1 aromatic carbocycles. The van der Waals surface area contributed by atoms with Crippen molar-refractivity contribution in [2.24, 2.45) is 0 Å². The molecule has 1 aliphatic heterocycles. The lowest BCUT2D eigenvalue weighted by atomic mass is 10.1. The van der Waals surface area contributed by atoms with Gasteiger partial charge in [0, 0.05) is 6.61 Å². The third kappa shape index (κ3) is 2.73. The summed E-state index contributed by atoms with van der Waals surface area (Å²) in [5.74, 6) is -0.0792.